The topological polar surface area (TPSA) is 98.6 Å². The van der Waals surface area contributed by atoms with Crippen LogP contribution in [0.3, 0.4) is 0 Å². The zero-order valence-electron chi connectivity index (χ0n) is 17.1. The Balaban J connectivity index is 1.52. The van der Waals surface area contributed by atoms with E-state index in [0.29, 0.717) is 29.0 Å². The molecule has 0 radical (unpaired) electrons. The Hall–Kier alpha value is -3.61. The van der Waals surface area contributed by atoms with Crippen molar-refractivity contribution in [2.24, 2.45) is 0 Å². The lowest BCUT2D eigenvalue weighted by atomic mass is 10.1. The summed E-state index contributed by atoms with van der Waals surface area (Å²) >= 11 is 0. The Kier molecular flexibility index (Phi) is 6.51. The van der Waals surface area contributed by atoms with Crippen molar-refractivity contribution in [1.82, 2.24) is 4.98 Å². The summed E-state index contributed by atoms with van der Waals surface area (Å²) in [7, 11) is 1.28. The molecule has 156 valence electrons. The van der Waals surface area contributed by atoms with Crippen molar-refractivity contribution in [1.29, 1.82) is 0 Å². The second-order valence-electron chi connectivity index (χ2n) is 6.83. The second kappa shape index (κ2) is 9.26. The minimum atomic E-state index is -0.523. The molecule has 0 saturated carbocycles. The lowest BCUT2D eigenvalue weighted by molar-refractivity contribution is -0.142. The fourth-order valence-electron chi connectivity index (χ4n) is 3.22. The van der Waals surface area contributed by atoms with E-state index in [0.717, 1.165) is 11.3 Å². The van der Waals surface area contributed by atoms with Gasteiger partial charge in [-0.05, 0) is 31.5 Å². The van der Waals surface area contributed by atoms with Crippen LogP contribution in [-0.2, 0) is 20.7 Å². The third kappa shape index (κ3) is 4.68. The SMILES string of the molecule is COC(=O)c1c(C)[nH]c(C(=O)COC(=O)CCc2ccc(-c3ccccc3)o2)c1C. The number of nitrogens with one attached hydrogen (secondary N) is 1. The quantitative estimate of drug-likeness (QED) is 0.445. The van der Waals surface area contributed by atoms with Crippen LogP contribution in [-0.4, -0.2) is 36.4 Å². The molecule has 30 heavy (non-hydrogen) atoms. The molecule has 0 spiro atoms. The van der Waals surface area contributed by atoms with E-state index in [4.69, 9.17) is 13.9 Å². The number of aryl methyl sites for hydroxylation is 2. The molecule has 0 aliphatic heterocycles. The van der Waals surface area contributed by atoms with Gasteiger partial charge in [0.05, 0.1) is 24.8 Å². The molecule has 0 saturated heterocycles. The van der Waals surface area contributed by atoms with Crippen molar-refractivity contribution in [2.45, 2.75) is 26.7 Å². The van der Waals surface area contributed by atoms with E-state index in [1.165, 1.54) is 7.11 Å². The van der Waals surface area contributed by atoms with Gasteiger partial charge < -0.3 is 18.9 Å². The molecule has 3 aromatic rings. The number of hydrogen-bond donors (Lipinski definition) is 1. The third-order valence-corrected chi connectivity index (χ3v) is 4.77. The third-order valence-electron chi connectivity index (χ3n) is 4.77. The largest absolute Gasteiger partial charge is 0.465 e. The molecular formula is C23H23NO6. The number of benzene rings is 1. The second-order valence-corrected chi connectivity index (χ2v) is 6.83. The Morgan fingerprint density at radius 3 is 2.47 bits per heavy atom. The molecule has 0 fully saturated rings. The number of furan rings is 1. The number of aromatic amines is 1. The average molecular weight is 409 g/mol. The fraction of sp³-hybridized carbons (Fsp3) is 0.261. The van der Waals surface area contributed by atoms with Crippen molar-refractivity contribution in [3.05, 3.63) is 70.7 Å². The van der Waals surface area contributed by atoms with Crippen molar-refractivity contribution in [3.63, 3.8) is 0 Å². The summed E-state index contributed by atoms with van der Waals surface area (Å²) in [6.45, 7) is 2.91. The summed E-state index contributed by atoms with van der Waals surface area (Å²) in [5.74, 6) is -0.0481. The number of esters is 2. The van der Waals surface area contributed by atoms with E-state index in [2.05, 4.69) is 4.98 Å². The number of carbonyl (C=O) groups is 3. The lowest BCUT2D eigenvalue weighted by Crippen LogP contribution is -2.15. The first kappa shape index (κ1) is 21.1. The summed E-state index contributed by atoms with van der Waals surface area (Å²) in [5, 5.41) is 0. The standard InChI is InChI=1S/C23H23NO6/c1-14-21(23(27)28-3)15(2)24-22(14)18(25)13-29-20(26)12-10-17-9-11-19(30-17)16-7-5-4-6-8-16/h4-9,11,24H,10,12-13H2,1-3H3. The van der Waals surface area contributed by atoms with Gasteiger partial charge in [0.25, 0.3) is 0 Å². The van der Waals surface area contributed by atoms with Crippen LogP contribution in [0.1, 0.15) is 44.3 Å². The first-order valence-electron chi connectivity index (χ1n) is 9.51. The van der Waals surface area contributed by atoms with Gasteiger partial charge in [-0.25, -0.2) is 4.79 Å². The van der Waals surface area contributed by atoms with Gasteiger partial charge in [-0.3, -0.25) is 9.59 Å². The highest BCUT2D eigenvalue weighted by Crippen LogP contribution is 2.23. The molecule has 2 heterocycles. The summed E-state index contributed by atoms with van der Waals surface area (Å²) in [6.07, 6.45) is 0.457. The maximum Gasteiger partial charge on any atom is 0.339 e. The van der Waals surface area contributed by atoms with E-state index < -0.39 is 24.3 Å². The maximum atomic E-state index is 12.4. The number of Topliss-reactive ketones (excluding diaryl/α,β-unsaturated/α-hetero) is 1. The smallest absolute Gasteiger partial charge is 0.339 e. The summed E-state index contributed by atoms with van der Waals surface area (Å²) in [4.78, 5) is 39.1. The molecule has 3 rings (SSSR count). The van der Waals surface area contributed by atoms with Gasteiger partial charge in [-0.15, -0.1) is 0 Å². The highest BCUT2D eigenvalue weighted by atomic mass is 16.5. The van der Waals surface area contributed by atoms with Crippen LogP contribution < -0.4 is 0 Å². The van der Waals surface area contributed by atoms with Crippen molar-refractivity contribution >= 4 is 17.7 Å². The van der Waals surface area contributed by atoms with E-state index >= 15 is 0 Å². The molecule has 7 heteroatoms. The van der Waals surface area contributed by atoms with Crippen LogP contribution in [0.4, 0.5) is 0 Å². The lowest BCUT2D eigenvalue weighted by Gasteiger charge is -2.04. The van der Waals surface area contributed by atoms with Crippen molar-refractivity contribution in [3.8, 4) is 11.3 Å². The molecule has 2 aromatic heterocycles. The molecule has 7 nitrogen and oxygen atoms in total. The Morgan fingerprint density at radius 2 is 1.77 bits per heavy atom. The van der Waals surface area contributed by atoms with Crippen LogP contribution in [0, 0.1) is 13.8 Å². The normalized spacial score (nSPS) is 10.6. The molecule has 0 atom stereocenters. The van der Waals surface area contributed by atoms with Gasteiger partial charge in [0.15, 0.2) is 6.61 Å². The Labute approximate surface area is 174 Å². The van der Waals surface area contributed by atoms with Gasteiger partial charge in [-0.1, -0.05) is 30.3 Å². The molecule has 0 unspecified atom stereocenters. The van der Waals surface area contributed by atoms with Crippen LogP contribution in [0.25, 0.3) is 11.3 Å². The highest BCUT2D eigenvalue weighted by Gasteiger charge is 2.23. The minimum Gasteiger partial charge on any atom is -0.465 e. The number of aromatic nitrogens is 1. The maximum absolute atomic E-state index is 12.4. The van der Waals surface area contributed by atoms with Crippen LogP contribution in [0.15, 0.2) is 46.9 Å². The predicted octanol–water partition coefficient (Wildman–Crippen LogP) is 4.04. The van der Waals surface area contributed by atoms with Crippen LogP contribution >= 0.6 is 0 Å². The molecule has 0 aliphatic carbocycles. The molecule has 1 N–H and O–H groups in total. The number of methoxy groups -OCH3 is 1. The Morgan fingerprint density at radius 1 is 1.03 bits per heavy atom. The average Bonchev–Trinajstić information content (AvgIpc) is 3.35. The molecule has 0 bridgehead atoms. The predicted molar refractivity (Wildman–Crippen MR) is 109 cm³/mol. The first-order chi connectivity index (χ1) is 14.4. The van der Waals surface area contributed by atoms with E-state index in [1.807, 2.05) is 42.5 Å². The van der Waals surface area contributed by atoms with Crippen molar-refractivity contribution < 1.29 is 28.3 Å². The van der Waals surface area contributed by atoms with E-state index in [1.54, 1.807) is 13.8 Å². The Bertz CT molecular complexity index is 1060. The number of rotatable bonds is 8. The highest BCUT2D eigenvalue weighted by molar-refractivity contribution is 6.02. The summed E-state index contributed by atoms with van der Waals surface area (Å²) in [6, 6.07) is 13.3. The van der Waals surface area contributed by atoms with Gasteiger partial charge in [0, 0.05) is 17.7 Å². The molecular weight excluding hydrogens is 386 g/mol. The number of hydrogen-bond acceptors (Lipinski definition) is 6. The molecule has 0 amide bonds. The summed E-state index contributed by atoms with van der Waals surface area (Å²) in [5.41, 5.74) is 2.52. The monoisotopic (exact) mass is 409 g/mol. The van der Waals surface area contributed by atoms with E-state index in [-0.39, 0.29) is 12.1 Å². The van der Waals surface area contributed by atoms with Crippen LogP contribution in [0.5, 0.6) is 0 Å². The van der Waals surface area contributed by atoms with Gasteiger partial charge >= 0.3 is 11.9 Å². The first-order valence-corrected chi connectivity index (χ1v) is 9.51. The zero-order valence-corrected chi connectivity index (χ0v) is 17.1. The van der Waals surface area contributed by atoms with Crippen molar-refractivity contribution in [2.75, 3.05) is 13.7 Å². The number of H-pyrrole nitrogens is 1. The minimum absolute atomic E-state index is 0.0885. The number of carbonyl (C=O) groups excluding carboxylic acids is 3. The number of ether oxygens (including phenoxy) is 2. The molecule has 1 aromatic carbocycles. The van der Waals surface area contributed by atoms with Crippen LogP contribution in [0.2, 0.25) is 0 Å². The summed E-state index contributed by atoms with van der Waals surface area (Å²) < 4.78 is 15.6. The number of ketones is 1. The van der Waals surface area contributed by atoms with Gasteiger partial charge in [-0.2, -0.15) is 0 Å². The fourth-order valence-corrected chi connectivity index (χ4v) is 3.22. The zero-order chi connectivity index (χ0) is 21.7. The molecule has 0 aliphatic rings. The van der Waals surface area contributed by atoms with Gasteiger partial charge in [0.2, 0.25) is 5.78 Å². The van der Waals surface area contributed by atoms with Gasteiger partial charge in [0.1, 0.15) is 11.5 Å². The van der Waals surface area contributed by atoms with E-state index in [9.17, 15) is 14.4 Å².